The summed E-state index contributed by atoms with van der Waals surface area (Å²) in [6.45, 7) is 5.51. The van der Waals surface area contributed by atoms with E-state index in [0.29, 0.717) is 6.54 Å². The summed E-state index contributed by atoms with van der Waals surface area (Å²) in [5.41, 5.74) is 0. The molecule has 1 heterocycles. The monoisotopic (exact) mass is 247 g/mol. The average Bonchev–Trinajstić information content (AvgIpc) is 2.27. The molecular formula is C11H21NO3S. The quantitative estimate of drug-likeness (QED) is 0.718. The van der Waals surface area contributed by atoms with Crippen LogP contribution in [0.3, 0.4) is 0 Å². The van der Waals surface area contributed by atoms with Crippen LogP contribution in [0.15, 0.2) is 0 Å². The van der Waals surface area contributed by atoms with Crippen molar-refractivity contribution in [1.29, 1.82) is 0 Å². The summed E-state index contributed by atoms with van der Waals surface area (Å²) < 4.78 is 22.7. The topological polar surface area (TPSA) is 54.5 Å². The summed E-state index contributed by atoms with van der Waals surface area (Å²) in [7, 11) is -2.88. The molecule has 1 aliphatic rings. The Kier molecular flexibility index (Phi) is 4.92. The first-order valence-electron chi connectivity index (χ1n) is 5.88. The van der Waals surface area contributed by atoms with E-state index in [1.807, 2.05) is 0 Å². The van der Waals surface area contributed by atoms with Crippen LogP contribution in [0, 0.1) is 5.92 Å². The predicted molar refractivity (Wildman–Crippen MR) is 64.2 cm³/mol. The molecule has 5 heteroatoms. The van der Waals surface area contributed by atoms with Gasteiger partial charge in [0.2, 0.25) is 0 Å². The first-order chi connectivity index (χ1) is 7.44. The highest BCUT2D eigenvalue weighted by Gasteiger charge is 2.23. The molecule has 1 unspecified atom stereocenters. The van der Waals surface area contributed by atoms with E-state index in [1.54, 1.807) is 13.8 Å². The van der Waals surface area contributed by atoms with Gasteiger partial charge in [-0.05, 0) is 26.3 Å². The molecule has 0 radical (unpaired) electrons. The Balaban J connectivity index is 2.41. The molecule has 0 aromatic rings. The number of carbonyl (C=O) groups is 1. The number of nitrogens with zero attached hydrogens (tertiary/aromatic N) is 1. The lowest BCUT2D eigenvalue weighted by Crippen LogP contribution is -2.40. The number of likely N-dealkylation sites (tertiary alicyclic amines) is 1. The molecule has 1 rings (SSSR count). The zero-order valence-electron chi connectivity index (χ0n) is 10.1. The van der Waals surface area contributed by atoms with E-state index in [2.05, 4.69) is 4.90 Å². The van der Waals surface area contributed by atoms with Crippen LogP contribution in [-0.2, 0) is 14.6 Å². The van der Waals surface area contributed by atoms with E-state index < -0.39 is 9.84 Å². The van der Waals surface area contributed by atoms with Crippen molar-refractivity contribution in [2.45, 2.75) is 26.7 Å². The first kappa shape index (κ1) is 13.6. The van der Waals surface area contributed by atoms with Crippen molar-refractivity contribution in [3.8, 4) is 0 Å². The fourth-order valence-electron chi connectivity index (χ4n) is 2.00. The minimum absolute atomic E-state index is 0.109. The Bertz CT molecular complexity index is 337. The van der Waals surface area contributed by atoms with Crippen LogP contribution in [0.5, 0.6) is 0 Å². The standard InChI is InChI=1S/C11H21NO3S/c1-3-16(14,15)8-7-12-6-4-5-11(9-12)10(2)13/h11H,3-9H2,1-2H3. The fourth-order valence-corrected chi connectivity index (χ4v) is 2.83. The number of sulfone groups is 1. The van der Waals surface area contributed by atoms with Gasteiger partial charge in [-0.15, -0.1) is 0 Å². The molecule has 1 aliphatic heterocycles. The van der Waals surface area contributed by atoms with Crippen LogP contribution in [0.4, 0.5) is 0 Å². The maximum Gasteiger partial charge on any atom is 0.151 e. The van der Waals surface area contributed by atoms with Crippen molar-refractivity contribution in [2.75, 3.05) is 31.1 Å². The van der Waals surface area contributed by atoms with E-state index in [9.17, 15) is 13.2 Å². The van der Waals surface area contributed by atoms with Gasteiger partial charge in [0.1, 0.15) is 5.78 Å². The van der Waals surface area contributed by atoms with Crippen LogP contribution in [0.2, 0.25) is 0 Å². The van der Waals surface area contributed by atoms with Gasteiger partial charge in [-0.3, -0.25) is 4.79 Å². The van der Waals surface area contributed by atoms with Gasteiger partial charge in [0.25, 0.3) is 0 Å². The first-order valence-corrected chi connectivity index (χ1v) is 7.70. The SMILES string of the molecule is CCS(=O)(=O)CCN1CCCC(C(C)=O)C1. The minimum atomic E-state index is -2.88. The Morgan fingerprint density at radius 3 is 2.69 bits per heavy atom. The van der Waals surface area contributed by atoms with Crippen molar-refractivity contribution < 1.29 is 13.2 Å². The van der Waals surface area contributed by atoms with Crippen LogP contribution in [0.25, 0.3) is 0 Å². The number of carbonyl (C=O) groups excluding carboxylic acids is 1. The van der Waals surface area contributed by atoms with Crippen molar-refractivity contribution in [3.63, 3.8) is 0 Å². The fraction of sp³-hybridized carbons (Fsp3) is 0.909. The van der Waals surface area contributed by atoms with E-state index in [1.165, 1.54) is 0 Å². The largest absolute Gasteiger partial charge is 0.302 e. The Morgan fingerprint density at radius 1 is 1.44 bits per heavy atom. The lowest BCUT2D eigenvalue weighted by molar-refractivity contribution is -0.122. The van der Waals surface area contributed by atoms with Crippen molar-refractivity contribution >= 4 is 15.6 Å². The lowest BCUT2D eigenvalue weighted by atomic mass is 9.95. The van der Waals surface area contributed by atoms with E-state index in [-0.39, 0.29) is 23.2 Å². The Morgan fingerprint density at radius 2 is 2.12 bits per heavy atom. The van der Waals surface area contributed by atoms with E-state index in [0.717, 1.165) is 25.9 Å². The highest BCUT2D eigenvalue weighted by Crippen LogP contribution is 2.16. The molecule has 0 bridgehead atoms. The molecule has 0 amide bonds. The van der Waals surface area contributed by atoms with Gasteiger partial charge in [0, 0.05) is 24.8 Å². The van der Waals surface area contributed by atoms with Crippen molar-refractivity contribution in [3.05, 3.63) is 0 Å². The maximum atomic E-state index is 11.4. The number of ketones is 1. The maximum absolute atomic E-state index is 11.4. The van der Waals surface area contributed by atoms with Crippen LogP contribution in [0.1, 0.15) is 26.7 Å². The Labute approximate surface area is 97.9 Å². The molecule has 0 N–H and O–H groups in total. The molecule has 16 heavy (non-hydrogen) atoms. The third kappa shape index (κ3) is 4.22. The van der Waals surface area contributed by atoms with Gasteiger partial charge in [-0.25, -0.2) is 8.42 Å². The highest BCUT2D eigenvalue weighted by molar-refractivity contribution is 7.91. The van der Waals surface area contributed by atoms with Gasteiger partial charge >= 0.3 is 0 Å². The van der Waals surface area contributed by atoms with Gasteiger partial charge in [-0.1, -0.05) is 6.92 Å². The predicted octanol–water partition coefficient (Wildman–Crippen LogP) is 0.722. The van der Waals surface area contributed by atoms with Crippen LogP contribution >= 0.6 is 0 Å². The summed E-state index contributed by atoms with van der Waals surface area (Å²) in [5.74, 6) is 0.756. The number of hydrogen-bond donors (Lipinski definition) is 0. The van der Waals surface area contributed by atoms with Gasteiger partial charge in [0.05, 0.1) is 5.75 Å². The zero-order valence-corrected chi connectivity index (χ0v) is 10.9. The third-order valence-corrected chi connectivity index (χ3v) is 4.92. The van der Waals surface area contributed by atoms with Gasteiger partial charge < -0.3 is 4.90 Å². The van der Waals surface area contributed by atoms with E-state index >= 15 is 0 Å². The molecule has 0 aliphatic carbocycles. The molecule has 4 nitrogen and oxygen atoms in total. The molecule has 1 atom stereocenters. The summed E-state index contributed by atoms with van der Waals surface area (Å²) in [6, 6.07) is 0. The molecule has 1 fully saturated rings. The normalized spacial score (nSPS) is 23.2. The molecule has 0 aromatic carbocycles. The second kappa shape index (κ2) is 5.77. The molecule has 0 aromatic heterocycles. The van der Waals surface area contributed by atoms with E-state index in [4.69, 9.17) is 0 Å². The van der Waals surface area contributed by atoms with Crippen LogP contribution < -0.4 is 0 Å². The highest BCUT2D eigenvalue weighted by atomic mass is 32.2. The minimum Gasteiger partial charge on any atom is -0.302 e. The molecular weight excluding hydrogens is 226 g/mol. The molecule has 94 valence electrons. The molecule has 1 saturated heterocycles. The zero-order chi connectivity index (χ0) is 12.2. The Hall–Kier alpha value is -0.420. The number of Topliss-reactive ketones (excluding diaryl/α,β-unsaturated/α-hetero) is 1. The summed E-state index contributed by atoms with van der Waals surface area (Å²) in [5, 5.41) is 0. The molecule has 0 saturated carbocycles. The molecule has 0 spiro atoms. The van der Waals surface area contributed by atoms with Crippen molar-refractivity contribution in [2.24, 2.45) is 5.92 Å². The smallest absolute Gasteiger partial charge is 0.151 e. The lowest BCUT2D eigenvalue weighted by Gasteiger charge is -2.31. The van der Waals surface area contributed by atoms with Crippen LogP contribution in [-0.4, -0.2) is 50.2 Å². The summed E-state index contributed by atoms with van der Waals surface area (Å²) in [4.78, 5) is 13.4. The van der Waals surface area contributed by atoms with Crippen molar-refractivity contribution in [1.82, 2.24) is 4.90 Å². The summed E-state index contributed by atoms with van der Waals surface area (Å²) >= 11 is 0. The van der Waals surface area contributed by atoms with Gasteiger partial charge in [0.15, 0.2) is 9.84 Å². The van der Waals surface area contributed by atoms with Gasteiger partial charge in [-0.2, -0.15) is 0 Å². The second-order valence-electron chi connectivity index (χ2n) is 4.49. The number of piperidine rings is 1. The summed E-state index contributed by atoms with van der Waals surface area (Å²) in [6.07, 6.45) is 1.95. The third-order valence-electron chi connectivity index (χ3n) is 3.24. The number of hydrogen-bond acceptors (Lipinski definition) is 4. The average molecular weight is 247 g/mol. The second-order valence-corrected chi connectivity index (χ2v) is 6.96. The number of rotatable bonds is 5.